The average molecular weight is 388 g/mol. The number of aromatic nitrogens is 3. The summed E-state index contributed by atoms with van der Waals surface area (Å²) >= 11 is 0. The molecule has 27 heavy (non-hydrogen) atoms. The second kappa shape index (κ2) is 6.90. The normalized spacial score (nSPS) is 19.0. The number of sulfone groups is 1. The predicted molar refractivity (Wildman–Crippen MR) is 98.5 cm³/mol. The van der Waals surface area contributed by atoms with E-state index in [-0.39, 0.29) is 17.5 Å². The molecule has 2 aromatic heterocycles. The summed E-state index contributed by atoms with van der Waals surface area (Å²) in [5, 5.41) is 12.4. The van der Waals surface area contributed by atoms with Gasteiger partial charge in [0.15, 0.2) is 9.84 Å². The van der Waals surface area contributed by atoms with Gasteiger partial charge in [-0.05, 0) is 20.4 Å². The molecule has 0 aliphatic carbocycles. The Morgan fingerprint density at radius 1 is 1.22 bits per heavy atom. The number of nitrogens with zero attached hydrogens (tertiary/aromatic N) is 4. The van der Waals surface area contributed by atoms with Crippen LogP contribution >= 0.6 is 0 Å². The van der Waals surface area contributed by atoms with E-state index in [1.807, 2.05) is 42.3 Å². The minimum atomic E-state index is -2.93. The van der Waals surface area contributed by atoms with E-state index >= 15 is 0 Å². The molecule has 142 valence electrons. The highest BCUT2D eigenvalue weighted by atomic mass is 32.2. The Kier molecular flexibility index (Phi) is 4.56. The average Bonchev–Trinajstić information content (AvgIpc) is 3.34. The van der Waals surface area contributed by atoms with E-state index in [9.17, 15) is 8.42 Å². The SMILES string of the molecule is Cc1onc(-c2ccccc2)c1-c1nnc(CN(C)C2CCS(=O)(=O)C2)o1. The lowest BCUT2D eigenvalue weighted by atomic mass is 10.1. The first kappa shape index (κ1) is 17.9. The first-order valence-corrected chi connectivity index (χ1v) is 10.5. The fourth-order valence-electron chi connectivity index (χ4n) is 3.30. The van der Waals surface area contributed by atoms with Crippen molar-refractivity contribution in [1.29, 1.82) is 0 Å². The van der Waals surface area contributed by atoms with E-state index in [4.69, 9.17) is 8.94 Å². The van der Waals surface area contributed by atoms with Crippen molar-refractivity contribution in [3.63, 3.8) is 0 Å². The first-order chi connectivity index (χ1) is 12.9. The molecule has 0 bridgehead atoms. The van der Waals surface area contributed by atoms with Crippen molar-refractivity contribution in [1.82, 2.24) is 20.3 Å². The molecule has 3 heterocycles. The summed E-state index contributed by atoms with van der Waals surface area (Å²) in [4.78, 5) is 1.94. The van der Waals surface area contributed by atoms with Crippen LogP contribution in [0.2, 0.25) is 0 Å². The van der Waals surface area contributed by atoms with Crippen molar-refractivity contribution in [2.45, 2.75) is 25.9 Å². The summed E-state index contributed by atoms with van der Waals surface area (Å²) in [5.41, 5.74) is 2.22. The summed E-state index contributed by atoms with van der Waals surface area (Å²) in [6.45, 7) is 2.19. The second-order valence-corrected chi connectivity index (χ2v) is 9.03. The molecule has 1 fully saturated rings. The van der Waals surface area contributed by atoms with Gasteiger partial charge in [-0.3, -0.25) is 4.90 Å². The van der Waals surface area contributed by atoms with Crippen LogP contribution in [0.5, 0.6) is 0 Å². The highest BCUT2D eigenvalue weighted by Gasteiger charge is 2.31. The third kappa shape index (κ3) is 3.65. The topological polar surface area (TPSA) is 102 Å². The summed E-state index contributed by atoms with van der Waals surface area (Å²) in [6, 6.07) is 9.63. The number of hydrogen-bond acceptors (Lipinski definition) is 8. The van der Waals surface area contributed by atoms with Crippen molar-refractivity contribution in [3.8, 4) is 22.7 Å². The molecule has 0 saturated carbocycles. The highest BCUT2D eigenvalue weighted by molar-refractivity contribution is 7.91. The van der Waals surface area contributed by atoms with Crippen LogP contribution in [0.3, 0.4) is 0 Å². The monoisotopic (exact) mass is 388 g/mol. The molecule has 1 saturated heterocycles. The highest BCUT2D eigenvalue weighted by Crippen LogP contribution is 2.33. The molecular weight excluding hydrogens is 368 g/mol. The number of aryl methyl sites for hydroxylation is 1. The Balaban J connectivity index is 1.56. The first-order valence-electron chi connectivity index (χ1n) is 8.68. The van der Waals surface area contributed by atoms with Gasteiger partial charge in [0.1, 0.15) is 17.0 Å². The third-order valence-electron chi connectivity index (χ3n) is 4.81. The van der Waals surface area contributed by atoms with Gasteiger partial charge in [-0.15, -0.1) is 10.2 Å². The standard InChI is InChI=1S/C18H20N4O4S/c1-12-16(17(21-26-12)13-6-4-3-5-7-13)18-20-19-15(25-18)10-22(2)14-8-9-27(23,24)11-14/h3-7,14H,8-11H2,1-2H3. The van der Waals surface area contributed by atoms with E-state index in [2.05, 4.69) is 15.4 Å². The molecule has 9 heteroatoms. The molecule has 1 atom stereocenters. The van der Waals surface area contributed by atoms with Crippen molar-refractivity contribution >= 4 is 9.84 Å². The maximum Gasteiger partial charge on any atom is 0.253 e. The van der Waals surface area contributed by atoms with Crippen LogP contribution in [0, 0.1) is 6.92 Å². The van der Waals surface area contributed by atoms with E-state index < -0.39 is 9.84 Å². The van der Waals surface area contributed by atoms with E-state index in [1.165, 1.54) is 0 Å². The van der Waals surface area contributed by atoms with Crippen LogP contribution < -0.4 is 0 Å². The number of rotatable bonds is 5. The fourth-order valence-corrected chi connectivity index (χ4v) is 5.11. The Labute approximate surface area is 157 Å². The van der Waals surface area contributed by atoms with Gasteiger partial charge < -0.3 is 8.94 Å². The zero-order valence-corrected chi connectivity index (χ0v) is 15.9. The molecule has 1 aromatic carbocycles. The Hall–Kier alpha value is -2.52. The van der Waals surface area contributed by atoms with Crippen LogP contribution in [0.15, 0.2) is 39.3 Å². The summed E-state index contributed by atoms with van der Waals surface area (Å²) in [5.74, 6) is 1.77. The lowest BCUT2D eigenvalue weighted by Gasteiger charge is -2.20. The van der Waals surface area contributed by atoms with Gasteiger partial charge in [0, 0.05) is 11.6 Å². The zero-order valence-electron chi connectivity index (χ0n) is 15.1. The lowest BCUT2D eigenvalue weighted by molar-refractivity contribution is 0.230. The van der Waals surface area contributed by atoms with Gasteiger partial charge in [-0.2, -0.15) is 0 Å². The van der Waals surface area contributed by atoms with Crippen LogP contribution in [0.25, 0.3) is 22.7 Å². The minimum Gasteiger partial charge on any atom is -0.419 e. The molecule has 4 rings (SSSR count). The van der Waals surface area contributed by atoms with Crippen LogP contribution in [0.1, 0.15) is 18.1 Å². The van der Waals surface area contributed by atoms with Crippen LogP contribution in [-0.4, -0.2) is 53.3 Å². The van der Waals surface area contributed by atoms with E-state index in [0.29, 0.717) is 41.8 Å². The van der Waals surface area contributed by atoms with Gasteiger partial charge in [0.25, 0.3) is 5.89 Å². The molecule has 8 nitrogen and oxygen atoms in total. The van der Waals surface area contributed by atoms with Crippen molar-refractivity contribution in [2.24, 2.45) is 0 Å². The maximum absolute atomic E-state index is 11.7. The molecule has 1 aliphatic rings. The minimum absolute atomic E-state index is 0.0254. The molecule has 0 amide bonds. The second-order valence-electron chi connectivity index (χ2n) is 6.80. The lowest BCUT2D eigenvalue weighted by Crippen LogP contribution is -2.32. The summed E-state index contributed by atoms with van der Waals surface area (Å²) in [7, 11) is -1.06. The predicted octanol–water partition coefficient (Wildman–Crippen LogP) is 2.32. The largest absolute Gasteiger partial charge is 0.419 e. The molecule has 0 N–H and O–H groups in total. The van der Waals surface area contributed by atoms with Gasteiger partial charge in [-0.25, -0.2) is 8.42 Å². The smallest absolute Gasteiger partial charge is 0.253 e. The fraction of sp³-hybridized carbons (Fsp3) is 0.389. The molecule has 1 aliphatic heterocycles. The molecule has 0 spiro atoms. The molecular formula is C18H20N4O4S. The van der Waals surface area contributed by atoms with Gasteiger partial charge >= 0.3 is 0 Å². The Bertz CT molecular complexity index is 1040. The zero-order chi connectivity index (χ0) is 19.0. The van der Waals surface area contributed by atoms with Gasteiger partial charge in [0.05, 0.1) is 18.1 Å². The van der Waals surface area contributed by atoms with E-state index in [1.54, 1.807) is 6.92 Å². The Morgan fingerprint density at radius 2 is 2.00 bits per heavy atom. The number of hydrogen-bond donors (Lipinski definition) is 0. The van der Waals surface area contributed by atoms with Crippen LogP contribution in [0.4, 0.5) is 0 Å². The number of benzene rings is 1. The maximum atomic E-state index is 11.7. The molecule has 3 aromatic rings. The van der Waals surface area contributed by atoms with Crippen molar-refractivity contribution < 1.29 is 17.4 Å². The van der Waals surface area contributed by atoms with Crippen LogP contribution in [-0.2, 0) is 16.4 Å². The third-order valence-corrected chi connectivity index (χ3v) is 6.56. The Morgan fingerprint density at radius 3 is 2.70 bits per heavy atom. The molecule has 1 unspecified atom stereocenters. The quantitative estimate of drug-likeness (QED) is 0.656. The van der Waals surface area contributed by atoms with Gasteiger partial charge in [-0.1, -0.05) is 35.5 Å². The van der Waals surface area contributed by atoms with Gasteiger partial charge in [0.2, 0.25) is 5.89 Å². The van der Waals surface area contributed by atoms with Crippen molar-refractivity contribution in [2.75, 3.05) is 18.6 Å². The van der Waals surface area contributed by atoms with Crippen molar-refractivity contribution in [3.05, 3.63) is 42.0 Å². The molecule has 0 radical (unpaired) electrons. The summed E-state index contributed by atoms with van der Waals surface area (Å²) < 4.78 is 34.5. The summed E-state index contributed by atoms with van der Waals surface area (Å²) in [6.07, 6.45) is 0.628. The van der Waals surface area contributed by atoms with E-state index in [0.717, 1.165) is 5.56 Å².